The number of ketones is 1. The smallest absolute Gasteiger partial charge is 0.328 e. The number of nitrogens with two attached hydrogens (primary N) is 1. The fourth-order valence-electron chi connectivity index (χ4n) is 3.14. The minimum Gasteiger partial charge on any atom is -0.493 e. The maximum atomic E-state index is 12.8. The summed E-state index contributed by atoms with van der Waals surface area (Å²) in [5, 5.41) is 18.6. The number of ether oxygens (including phenoxy) is 1. The van der Waals surface area contributed by atoms with Crippen molar-refractivity contribution in [1.82, 2.24) is 4.57 Å². The van der Waals surface area contributed by atoms with Crippen LogP contribution in [0.15, 0.2) is 58.8 Å². The minimum absolute atomic E-state index is 0.0525. The van der Waals surface area contributed by atoms with E-state index >= 15 is 0 Å². The predicted octanol–water partition coefficient (Wildman–Crippen LogP) is 4.03. The highest BCUT2D eigenvalue weighted by molar-refractivity contribution is 7.80. The highest BCUT2D eigenvalue weighted by Gasteiger charge is 2.26. The summed E-state index contributed by atoms with van der Waals surface area (Å²) in [5.74, 6) is -1.03. The van der Waals surface area contributed by atoms with E-state index in [9.17, 15) is 14.7 Å². The van der Waals surface area contributed by atoms with Gasteiger partial charge in [0.15, 0.2) is 11.5 Å². The predicted molar refractivity (Wildman–Crippen MR) is 116 cm³/mol. The molecule has 0 aliphatic rings. The van der Waals surface area contributed by atoms with E-state index < -0.39 is 12.0 Å². The molecule has 3 rings (SSSR count). The Bertz CT molecular complexity index is 1150. The van der Waals surface area contributed by atoms with E-state index in [0.717, 1.165) is 0 Å². The molecular formula is C21H20N4O4S. The zero-order chi connectivity index (χ0) is 21.8. The van der Waals surface area contributed by atoms with Crippen molar-refractivity contribution >= 4 is 45.7 Å². The van der Waals surface area contributed by atoms with Crippen LogP contribution in [0, 0.1) is 0 Å². The zero-order valence-corrected chi connectivity index (χ0v) is 17.2. The molecule has 0 bridgehead atoms. The summed E-state index contributed by atoms with van der Waals surface area (Å²) in [7, 11) is 0. The number of benzene rings is 2. The average molecular weight is 424 g/mol. The van der Waals surface area contributed by atoms with Crippen molar-refractivity contribution in [1.29, 1.82) is 0 Å². The Kier molecular flexibility index (Phi) is 6.22. The van der Waals surface area contributed by atoms with Crippen LogP contribution in [0.25, 0.3) is 10.9 Å². The van der Waals surface area contributed by atoms with Crippen LogP contribution < -0.4 is 5.73 Å². The Labute approximate surface area is 178 Å². The van der Waals surface area contributed by atoms with Gasteiger partial charge in [-0.1, -0.05) is 30.3 Å². The summed E-state index contributed by atoms with van der Waals surface area (Å²) in [4.78, 5) is 25.1. The third-order valence-corrected chi connectivity index (χ3v) is 4.59. The van der Waals surface area contributed by atoms with Gasteiger partial charge in [-0.25, -0.2) is 4.79 Å². The molecule has 0 aliphatic heterocycles. The first kappa shape index (κ1) is 21.1. The Morgan fingerprint density at radius 2 is 1.90 bits per heavy atom. The molecule has 0 saturated heterocycles. The van der Waals surface area contributed by atoms with E-state index in [1.807, 2.05) is 6.07 Å². The number of carbonyl (C=O) groups is 2. The molecule has 0 spiro atoms. The molecule has 154 valence electrons. The van der Waals surface area contributed by atoms with Gasteiger partial charge >= 0.3 is 5.97 Å². The van der Waals surface area contributed by atoms with Crippen molar-refractivity contribution in [2.24, 2.45) is 16.0 Å². The summed E-state index contributed by atoms with van der Waals surface area (Å²) in [6.07, 6.45) is 0. The molecule has 0 unspecified atom stereocenters. The molecule has 0 fully saturated rings. The van der Waals surface area contributed by atoms with Crippen LogP contribution in [0.5, 0.6) is 5.88 Å². The van der Waals surface area contributed by atoms with E-state index in [-0.39, 0.29) is 29.1 Å². The van der Waals surface area contributed by atoms with Crippen molar-refractivity contribution in [3.05, 3.63) is 59.7 Å². The molecule has 2 aromatic carbocycles. The minimum atomic E-state index is -0.836. The largest absolute Gasteiger partial charge is 0.493 e. The van der Waals surface area contributed by atoms with Crippen LogP contribution in [-0.4, -0.2) is 33.1 Å². The zero-order valence-electron chi connectivity index (χ0n) is 16.4. The molecule has 0 radical (unpaired) electrons. The number of nitrogens with zero attached hydrogens (tertiary/aromatic N) is 3. The first-order valence-electron chi connectivity index (χ1n) is 9.19. The maximum Gasteiger partial charge on any atom is 0.328 e. The number of aromatic nitrogens is 1. The Morgan fingerprint density at radius 1 is 1.20 bits per heavy atom. The van der Waals surface area contributed by atoms with Crippen LogP contribution in [0.1, 0.15) is 35.8 Å². The summed E-state index contributed by atoms with van der Waals surface area (Å²) in [5.41, 5.74) is 6.84. The second-order valence-electron chi connectivity index (χ2n) is 6.44. The van der Waals surface area contributed by atoms with Crippen LogP contribution in [0.2, 0.25) is 0 Å². The standard InChI is InChI=1S/C21H20N4O4S/c1-3-29-20(28)12(2)25-16-10-9-14(18(26)13-7-5-4-6-8-13)11-15(16)17(19(25)27)23-24-21(22)30/h4-12,27H,3H2,1-2H3,(H2,22,30)/t12-/m1/s1. The number of thiocarbonyl (C=S) groups is 1. The fourth-order valence-corrected chi connectivity index (χ4v) is 3.18. The lowest BCUT2D eigenvalue weighted by Crippen LogP contribution is -2.18. The van der Waals surface area contributed by atoms with Crippen LogP contribution in [0.3, 0.4) is 0 Å². The molecule has 0 saturated carbocycles. The highest BCUT2D eigenvalue weighted by atomic mass is 32.1. The Morgan fingerprint density at radius 3 is 2.53 bits per heavy atom. The number of rotatable bonds is 6. The third-order valence-electron chi connectivity index (χ3n) is 4.51. The van der Waals surface area contributed by atoms with Gasteiger partial charge in [-0.3, -0.25) is 9.36 Å². The van der Waals surface area contributed by atoms with Gasteiger partial charge in [0.2, 0.25) is 11.0 Å². The lowest BCUT2D eigenvalue weighted by Gasteiger charge is -2.15. The topological polar surface area (TPSA) is 119 Å². The number of hydrogen-bond donors (Lipinski definition) is 2. The van der Waals surface area contributed by atoms with Crippen LogP contribution in [-0.2, 0) is 9.53 Å². The van der Waals surface area contributed by atoms with Gasteiger partial charge in [0, 0.05) is 16.5 Å². The Balaban J connectivity index is 2.19. The second kappa shape index (κ2) is 8.83. The molecule has 3 N–H and O–H groups in total. The van der Waals surface area contributed by atoms with E-state index in [1.54, 1.807) is 56.3 Å². The van der Waals surface area contributed by atoms with Gasteiger partial charge in [-0.05, 0) is 44.3 Å². The quantitative estimate of drug-likeness (QED) is 0.267. The normalized spacial score (nSPS) is 12.2. The number of aromatic hydroxyl groups is 1. The summed E-state index contributed by atoms with van der Waals surface area (Å²) >= 11 is 4.73. The van der Waals surface area contributed by atoms with E-state index in [4.69, 9.17) is 22.7 Å². The third kappa shape index (κ3) is 4.06. The lowest BCUT2D eigenvalue weighted by molar-refractivity contribution is -0.146. The molecule has 8 nitrogen and oxygen atoms in total. The van der Waals surface area contributed by atoms with Crippen molar-refractivity contribution in [2.75, 3.05) is 6.61 Å². The van der Waals surface area contributed by atoms with Gasteiger partial charge in [-0.2, -0.15) is 0 Å². The maximum absolute atomic E-state index is 12.8. The van der Waals surface area contributed by atoms with Gasteiger partial charge < -0.3 is 15.6 Å². The van der Waals surface area contributed by atoms with Gasteiger partial charge in [0.05, 0.1) is 12.1 Å². The highest BCUT2D eigenvalue weighted by Crippen LogP contribution is 2.41. The Hall–Kier alpha value is -3.59. The van der Waals surface area contributed by atoms with Gasteiger partial charge in [0.1, 0.15) is 6.04 Å². The summed E-state index contributed by atoms with van der Waals surface area (Å²) < 4.78 is 6.44. The summed E-state index contributed by atoms with van der Waals surface area (Å²) in [6, 6.07) is 12.8. The number of carbonyl (C=O) groups excluding carboxylic acids is 2. The fraction of sp³-hybridized carbons (Fsp3) is 0.190. The van der Waals surface area contributed by atoms with Gasteiger partial charge in [-0.15, -0.1) is 10.2 Å². The molecule has 3 aromatic rings. The second-order valence-corrected chi connectivity index (χ2v) is 6.85. The van der Waals surface area contributed by atoms with Crippen LogP contribution >= 0.6 is 12.2 Å². The summed E-state index contributed by atoms with van der Waals surface area (Å²) in [6.45, 7) is 3.49. The molecule has 9 heteroatoms. The van der Waals surface area contributed by atoms with E-state index in [1.165, 1.54) is 4.57 Å². The first-order valence-corrected chi connectivity index (χ1v) is 9.60. The molecule has 1 heterocycles. The number of esters is 1. The molecule has 30 heavy (non-hydrogen) atoms. The van der Waals surface area contributed by atoms with E-state index in [2.05, 4.69) is 10.2 Å². The average Bonchev–Trinajstić information content (AvgIpc) is 3.02. The van der Waals surface area contributed by atoms with Crippen molar-refractivity contribution in [3.8, 4) is 5.88 Å². The molecule has 0 aliphatic carbocycles. The van der Waals surface area contributed by atoms with Crippen LogP contribution in [0.4, 0.5) is 5.69 Å². The number of hydrogen-bond acceptors (Lipinski definition) is 6. The number of fused-ring (bicyclic) bond motifs is 1. The van der Waals surface area contributed by atoms with Crippen molar-refractivity contribution in [2.45, 2.75) is 19.9 Å². The molecule has 1 atom stereocenters. The van der Waals surface area contributed by atoms with Crippen molar-refractivity contribution < 1.29 is 19.4 Å². The molecule has 0 amide bonds. The molecular weight excluding hydrogens is 404 g/mol. The van der Waals surface area contributed by atoms with E-state index in [0.29, 0.717) is 22.0 Å². The lowest BCUT2D eigenvalue weighted by atomic mass is 10.0. The number of azo groups is 1. The SMILES string of the molecule is CCOC(=O)[C@@H](C)n1c(O)c(N=NC(N)=S)c2cc(C(=O)c3ccccc3)ccc21. The molecule has 1 aromatic heterocycles. The van der Waals surface area contributed by atoms with Crippen molar-refractivity contribution in [3.63, 3.8) is 0 Å². The monoisotopic (exact) mass is 424 g/mol. The first-order chi connectivity index (χ1) is 14.3. The van der Waals surface area contributed by atoms with Gasteiger partial charge in [0.25, 0.3) is 0 Å².